The van der Waals surface area contributed by atoms with E-state index in [0.717, 1.165) is 12.0 Å². The van der Waals surface area contributed by atoms with Crippen LogP contribution in [-0.4, -0.2) is 77.4 Å². The maximum absolute atomic E-state index is 13.3. The molecule has 198 valence electrons. The molecule has 0 radical (unpaired) electrons. The summed E-state index contributed by atoms with van der Waals surface area (Å²) in [4.78, 5) is 61.9. The minimum Gasteiger partial charge on any atom is -0.480 e. The van der Waals surface area contributed by atoms with E-state index in [1.165, 1.54) is 11.8 Å². The van der Waals surface area contributed by atoms with E-state index in [0.29, 0.717) is 18.7 Å². The van der Waals surface area contributed by atoms with Crippen molar-refractivity contribution in [3.05, 3.63) is 35.9 Å². The quantitative estimate of drug-likeness (QED) is 0.179. The molecule has 1 fully saturated rings. The number of aliphatic carboxylic acids is 1. The van der Waals surface area contributed by atoms with Gasteiger partial charge in [0.05, 0.1) is 6.04 Å². The first kappa shape index (κ1) is 29.1. The van der Waals surface area contributed by atoms with Crippen molar-refractivity contribution in [2.24, 2.45) is 5.73 Å². The number of hydrogen-bond acceptors (Lipinski definition) is 7. The van der Waals surface area contributed by atoms with Crippen LogP contribution in [0.5, 0.6) is 0 Å². The average Bonchev–Trinajstić information content (AvgIpc) is 3.39. The van der Waals surface area contributed by atoms with Crippen LogP contribution >= 0.6 is 11.8 Å². The lowest BCUT2D eigenvalue weighted by molar-refractivity contribution is -0.142. The molecule has 0 saturated carbocycles. The van der Waals surface area contributed by atoms with Crippen LogP contribution in [0.25, 0.3) is 0 Å². The number of rotatable bonds is 15. The maximum Gasteiger partial charge on any atom is 0.326 e. The van der Waals surface area contributed by atoms with E-state index >= 15 is 0 Å². The molecule has 1 saturated heterocycles. The Hall–Kier alpha value is -3.12. The van der Waals surface area contributed by atoms with Gasteiger partial charge in [-0.2, -0.15) is 11.8 Å². The zero-order valence-corrected chi connectivity index (χ0v) is 21.1. The van der Waals surface area contributed by atoms with Crippen molar-refractivity contribution in [3.63, 3.8) is 0 Å². The Balaban J connectivity index is 2.17. The molecule has 1 aromatic carbocycles. The number of carboxylic acid groups (broad SMARTS) is 1. The Bertz CT molecular complexity index is 910. The second-order valence-corrected chi connectivity index (χ2v) is 9.63. The average molecular weight is 522 g/mol. The van der Waals surface area contributed by atoms with Crippen molar-refractivity contribution >= 4 is 41.4 Å². The van der Waals surface area contributed by atoms with Gasteiger partial charge < -0.3 is 32.1 Å². The van der Waals surface area contributed by atoms with Gasteiger partial charge in [-0.25, -0.2) is 4.79 Å². The van der Waals surface area contributed by atoms with Crippen molar-refractivity contribution in [3.8, 4) is 0 Å². The number of amides is 4. The van der Waals surface area contributed by atoms with Gasteiger partial charge in [0.1, 0.15) is 18.1 Å². The molecule has 0 spiro atoms. The van der Waals surface area contributed by atoms with Gasteiger partial charge in [0.15, 0.2) is 0 Å². The summed E-state index contributed by atoms with van der Waals surface area (Å²) < 4.78 is 0. The first-order valence-corrected chi connectivity index (χ1v) is 13.3. The Kier molecular flexibility index (Phi) is 12.2. The monoisotopic (exact) mass is 521 g/mol. The van der Waals surface area contributed by atoms with E-state index < -0.39 is 47.9 Å². The third kappa shape index (κ3) is 9.86. The van der Waals surface area contributed by atoms with Gasteiger partial charge in [-0.3, -0.25) is 19.2 Å². The highest BCUT2D eigenvalue weighted by molar-refractivity contribution is 7.98. The minimum atomic E-state index is -1.21. The van der Waals surface area contributed by atoms with Gasteiger partial charge in [-0.1, -0.05) is 30.3 Å². The van der Waals surface area contributed by atoms with E-state index in [9.17, 15) is 29.1 Å². The van der Waals surface area contributed by atoms with Crippen LogP contribution in [0.3, 0.4) is 0 Å². The minimum absolute atomic E-state index is 0.113. The summed E-state index contributed by atoms with van der Waals surface area (Å²) in [6.45, 7) is 0.713. The molecule has 4 unspecified atom stereocenters. The van der Waals surface area contributed by atoms with E-state index in [1.54, 1.807) is 0 Å². The number of thioether (sulfide) groups is 1. The summed E-state index contributed by atoms with van der Waals surface area (Å²) in [5, 5.41) is 20.3. The topological polar surface area (TPSA) is 180 Å². The van der Waals surface area contributed by atoms with Crippen LogP contribution in [0.4, 0.5) is 0 Å². The number of primary amides is 1. The molecular weight excluding hydrogens is 486 g/mol. The van der Waals surface area contributed by atoms with E-state index in [4.69, 9.17) is 5.73 Å². The predicted octanol–water partition coefficient (Wildman–Crippen LogP) is -0.461. The SMILES string of the molecule is CSCCC(NC(=O)C(CCC(N)=O)NC(=O)C(Cc1ccccc1)NC(=O)C1CCCN1)C(=O)O. The summed E-state index contributed by atoms with van der Waals surface area (Å²) in [7, 11) is 0. The van der Waals surface area contributed by atoms with Crippen LogP contribution in [-0.2, 0) is 30.4 Å². The first-order valence-electron chi connectivity index (χ1n) is 11.9. The van der Waals surface area contributed by atoms with Gasteiger partial charge in [-0.15, -0.1) is 0 Å². The Labute approximate surface area is 214 Å². The van der Waals surface area contributed by atoms with Crippen molar-refractivity contribution in [2.75, 3.05) is 18.6 Å². The highest BCUT2D eigenvalue weighted by atomic mass is 32.2. The number of carbonyl (C=O) groups excluding carboxylic acids is 4. The van der Waals surface area contributed by atoms with Crippen LogP contribution in [0, 0.1) is 0 Å². The zero-order valence-electron chi connectivity index (χ0n) is 20.3. The highest BCUT2D eigenvalue weighted by Crippen LogP contribution is 2.09. The van der Waals surface area contributed by atoms with Crippen LogP contribution in [0.15, 0.2) is 30.3 Å². The molecule has 11 nitrogen and oxygen atoms in total. The first-order chi connectivity index (χ1) is 17.2. The molecule has 0 aliphatic carbocycles. The van der Waals surface area contributed by atoms with Gasteiger partial charge in [-0.05, 0) is 49.8 Å². The third-order valence-electron chi connectivity index (χ3n) is 5.83. The molecule has 0 aromatic heterocycles. The molecule has 12 heteroatoms. The zero-order chi connectivity index (χ0) is 26.5. The molecule has 1 aromatic rings. The fourth-order valence-corrected chi connectivity index (χ4v) is 4.30. The standard InChI is InChI=1S/C24H35N5O6S/c1-36-13-11-18(24(34)35)28-22(32)17(9-10-20(25)30)27-23(33)19(14-15-6-3-2-4-7-15)29-21(31)16-8-5-12-26-16/h2-4,6-7,16-19,26H,5,8-14H2,1H3,(H2,25,30)(H,27,33)(H,28,32)(H,29,31)(H,34,35). The molecule has 4 amide bonds. The van der Waals surface area contributed by atoms with Crippen molar-refractivity contribution in [1.29, 1.82) is 0 Å². The number of hydrogen-bond donors (Lipinski definition) is 6. The van der Waals surface area contributed by atoms with Gasteiger partial charge in [0, 0.05) is 12.8 Å². The molecule has 7 N–H and O–H groups in total. The van der Waals surface area contributed by atoms with Gasteiger partial charge >= 0.3 is 5.97 Å². The van der Waals surface area contributed by atoms with E-state index in [2.05, 4.69) is 21.3 Å². The summed E-state index contributed by atoms with van der Waals surface area (Å²) in [6.07, 6.45) is 3.39. The Morgan fingerprint density at radius 1 is 1.03 bits per heavy atom. The molecule has 2 rings (SSSR count). The molecular formula is C24H35N5O6S. The molecule has 4 atom stereocenters. The number of nitrogens with two attached hydrogens (primary N) is 1. The second-order valence-electron chi connectivity index (χ2n) is 8.65. The van der Waals surface area contributed by atoms with Crippen LogP contribution in [0.1, 0.15) is 37.7 Å². The second kappa shape index (κ2) is 15.1. The number of carbonyl (C=O) groups is 5. The number of nitrogens with one attached hydrogen (secondary N) is 4. The van der Waals surface area contributed by atoms with Crippen molar-refractivity contribution in [1.82, 2.24) is 21.3 Å². The normalized spacial score (nSPS) is 17.4. The van der Waals surface area contributed by atoms with Gasteiger partial charge in [0.2, 0.25) is 23.6 Å². The fourth-order valence-electron chi connectivity index (χ4n) is 3.83. The summed E-state index contributed by atoms with van der Waals surface area (Å²) in [5.41, 5.74) is 6.04. The summed E-state index contributed by atoms with van der Waals surface area (Å²) in [6, 6.07) is 5.35. The van der Waals surface area contributed by atoms with Crippen molar-refractivity contribution in [2.45, 2.75) is 62.7 Å². The lowest BCUT2D eigenvalue weighted by Crippen LogP contribution is -2.57. The smallest absolute Gasteiger partial charge is 0.326 e. The summed E-state index contributed by atoms with van der Waals surface area (Å²) >= 11 is 1.44. The van der Waals surface area contributed by atoms with E-state index in [1.807, 2.05) is 36.6 Å². The molecule has 1 aliphatic heterocycles. The Morgan fingerprint density at radius 3 is 2.28 bits per heavy atom. The summed E-state index contributed by atoms with van der Waals surface area (Å²) in [5.74, 6) is -3.03. The van der Waals surface area contributed by atoms with Crippen LogP contribution < -0.4 is 27.0 Å². The molecule has 1 heterocycles. The maximum atomic E-state index is 13.3. The molecule has 36 heavy (non-hydrogen) atoms. The molecule has 1 aliphatic rings. The lowest BCUT2D eigenvalue weighted by Gasteiger charge is -2.25. The Morgan fingerprint density at radius 2 is 1.69 bits per heavy atom. The van der Waals surface area contributed by atoms with E-state index in [-0.39, 0.29) is 31.6 Å². The van der Waals surface area contributed by atoms with Crippen molar-refractivity contribution < 1.29 is 29.1 Å². The molecule has 0 bridgehead atoms. The number of carboxylic acids is 1. The highest BCUT2D eigenvalue weighted by Gasteiger charge is 2.31. The van der Waals surface area contributed by atoms with Gasteiger partial charge in [0.25, 0.3) is 0 Å². The largest absolute Gasteiger partial charge is 0.480 e. The lowest BCUT2D eigenvalue weighted by atomic mass is 10.0. The predicted molar refractivity (Wildman–Crippen MR) is 136 cm³/mol. The third-order valence-corrected chi connectivity index (χ3v) is 6.47. The van der Waals surface area contributed by atoms with Crippen LogP contribution in [0.2, 0.25) is 0 Å². The number of benzene rings is 1. The fraction of sp³-hybridized carbons (Fsp3) is 0.542.